The molecule has 0 spiro atoms. The van der Waals surface area contributed by atoms with Gasteiger partial charge in [0.05, 0.1) is 22.8 Å². The average Bonchev–Trinajstić information content (AvgIpc) is 3.26. The predicted molar refractivity (Wildman–Crippen MR) is 272 cm³/mol. The maximum absolute atomic E-state index is 5.48. The van der Waals surface area contributed by atoms with E-state index in [1.165, 1.54) is 165 Å². The fourth-order valence-corrected chi connectivity index (χ4v) is 8.07. The van der Waals surface area contributed by atoms with Crippen molar-refractivity contribution in [2.45, 2.75) is 246 Å². The molecule has 0 unspecified atom stereocenters. The molecule has 2 nitrogen and oxygen atoms in total. The van der Waals surface area contributed by atoms with Gasteiger partial charge in [0.1, 0.15) is 0 Å². The molecule has 346 valence electrons. The number of hydrogen-bond donors (Lipinski definition) is 0. The van der Waals surface area contributed by atoms with Crippen LogP contribution in [0, 0.1) is 0 Å². The van der Waals surface area contributed by atoms with Gasteiger partial charge in [0, 0.05) is 16.5 Å². The minimum absolute atomic E-state index is 0. The van der Waals surface area contributed by atoms with Crippen molar-refractivity contribution in [2.24, 2.45) is 9.98 Å². The molecule has 0 aliphatic carbocycles. The molecule has 0 aliphatic rings. The zero-order valence-corrected chi connectivity index (χ0v) is 41.3. The number of para-hydroxylation sites is 2. The van der Waals surface area contributed by atoms with Gasteiger partial charge in [0.25, 0.3) is 0 Å². The maximum atomic E-state index is 5.48. The van der Waals surface area contributed by atoms with Crippen molar-refractivity contribution in [2.75, 3.05) is 0 Å². The standard InChI is InChI=1S/C58H94N2.Ni/c1-5-9-13-15-17-19-21-23-25-27-29-31-33-35-39-45-53-47-41-43-49-55(53)59-57(51-37-11-7-3)58(52-38-12-8-4)60-56-50-44-42-48-54(56)46-40-36-34-32-30-28-26-24-22-20-18-16-14-10-6-2;/h31-34,37,41-44,47-51H,5-30,35-36,38-40,45-46,52H2,1-4H3;/b33-31+,34-32+,51-37+,59-57?,60-58?;. The van der Waals surface area contributed by atoms with Crippen LogP contribution in [0.15, 0.2) is 95.0 Å². The molecule has 61 heavy (non-hydrogen) atoms. The number of aliphatic imine (C=N–C) groups is 2. The van der Waals surface area contributed by atoms with E-state index in [0.717, 1.165) is 87.0 Å². The SMILES string of the molecule is CCC/C=C/C(=Nc1ccccc1CCC/C=C/CCCCCCCCCCCC)C(CCCCC)=Nc1ccccc1CCC/C=C/CCCCCCCCCCCC.[Ni]. The Morgan fingerprint density at radius 1 is 0.377 bits per heavy atom. The van der Waals surface area contributed by atoms with Crippen LogP contribution >= 0.6 is 0 Å². The number of aryl methyl sites for hydroxylation is 2. The van der Waals surface area contributed by atoms with Crippen LogP contribution in [-0.2, 0) is 29.3 Å². The second-order valence-electron chi connectivity index (χ2n) is 17.6. The Hall–Kier alpha value is -2.51. The Bertz CT molecular complexity index is 1430. The van der Waals surface area contributed by atoms with Gasteiger partial charge in [0.2, 0.25) is 0 Å². The van der Waals surface area contributed by atoms with Crippen molar-refractivity contribution < 1.29 is 16.5 Å². The molecule has 0 heterocycles. The summed E-state index contributed by atoms with van der Waals surface area (Å²) < 4.78 is 0. The molecule has 0 saturated heterocycles. The molecule has 0 atom stereocenters. The summed E-state index contributed by atoms with van der Waals surface area (Å²) in [5.74, 6) is 0. The number of rotatable bonds is 40. The third-order valence-corrected chi connectivity index (χ3v) is 11.9. The summed E-state index contributed by atoms with van der Waals surface area (Å²) in [5, 5.41) is 0. The summed E-state index contributed by atoms with van der Waals surface area (Å²) in [6, 6.07) is 17.7. The van der Waals surface area contributed by atoms with Crippen LogP contribution in [0.1, 0.15) is 244 Å². The topological polar surface area (TPSA) is 24.7 Å². The zero-order valence-electron chi connectivity index (χ0n) is 40.3. The first-order valence-electron chi connectivity index (χ1n) is 26.0. The van der Waals surface area contributed by atoms with Crippen LogP contribution in [0.3, 0.4) is 0 Å². The van der Waals surface area contributed by atoms with E-state index in [1.54, 1.807) is 0 Å². The van der Waals surface area contributed by atoms with Crippen LogP contribution in [0.5, 0.6) is 0 Å². The van der Waals surface area contributed by atoms with Gasteiger partial charge in [0.15, 0.2) is 0 Å². The van der Waals surface area contributed by atoms with E-state index in [0.29, 0.717) is 0 Å². The van der Waals surface area contributed by atoms with Gasteiger partial charge >= 0.3 is 0 Å². The summed E-state index contributed by atoms with van der Waals surface area (Å²) in [4.78, 5) is 10.9. The van der Waals surface area contributed by atoms with Gasteiger partial charge in [-0.25, -0.2) is 4.99 Å². The van der Waals surface area contributed by atoms with Crippen LogP contribution in [-0.4, -0.2) is 11.4 Å². The molecule has 2 aromatic carbocycles. The smallest absolute Gasteiger partial charge is 0.0848 e. The molecule has 2 rings (SSSR count). The number of hydrogen-bond acceptors (Lipinski definition) is 2. The minimum Gasteiger partial charge on any atom is -0.251 e. The van der Waals surface area contributed by atoms with Crippen molar-refractivity contribution in [1.29, 1.82) is 0 Å². The minimum atomic E-state index is 0. The summed E-state index contributed by atoms with van der Waals surface area (Å²) in [6.45, 7) is 9.14. The zero-order chi connectivity index (χ0) is 42.8. The molecular formula is C58H94N2Ni. The quantitative estimate of drug-likeness (QED) is 0.0276. The van der Waals surface area contributed by atoms with E-state index >= 15 is 0 Å². The normalized spacial score (nSPS) is 12.4. The Kier molecular flexibility index (Phi) is 39.6. The number of nitrogens with zero attached hydrogens (tertiary/aromatic N) is 2. The van der Waals surface area contributed by atoms with Crippen LogP contribution in [0.2, 0.25) is 0 Å². The first-order chi connectivity index (χ1) is 29.7. The van der Waals surface area contributed by atoms with E-state index in [2.05, 4.69) is 113 Å². The number of allylic oxidation sites excluding steroid dienone is 6. The molecule has 0 aromatic heterocycles. The fraction of sp³-hybridized carbons (Fsp3) is 0.655. The van der Waals surface area contributed by atoms with Crippen LogP contribution in [0.4, 0.5) is 11.4 Å². The Balaban J connectivity index is 0.0000186. The molecule has 2 aromatic rings. The monoisotopic (exact) mass is 877 g/mol. The Morgan fingerprint density at radius 3 is 1.20 bits per heavy atom. The average molecular weight is 878 g/mol. The van der Waals surface area contributed by atoms with Crippen molar-refractivity contribution in [3.63, 3.8) is 0 Å². The molecule has 0 bridgehead atoms. The second kappa shape index (κ2) is 42.8. The van der Waals surface area contributed by atoms with Gasteiger partial charge in [-0.3, -0.25) is 4.99 Å². The van der Waals surface area contributed by atoms with Gasteiger partial charge in [-0.15, -0.1) is 0 Å². The maximum Gasteiger partial charge on any atom is 0.0848 e. The van der Waals surface area contributed by atoms with Crippen molar-refractivity contribution in [3.05, 3.63) is 96.1 Å². The van der Waals surface area contributed by atoms with Crippen molar-refractivity contribution in [3.8, 4) is 0 Å². The molecule has 0 radical (unpaired) electrons. The summed E-state index contributed by atoms with van der Waals surface area (Å²) in [7, 11) is 0. The predicted octanol–water partition coefficient (Wildman–Crippen LogP) is 19.8. The van der Waals surface area contributed by atoms with Gasteiger partial charge in [-0.2, -0.15) is 0 Å². The first-order valence-corrected chi connectivity index (χ1v) is 26.0. The van der Waals surface area contributed by atoms with E-state index in [9.17, 15) is 0 Å². The van der Waals surface area contributed by atoms with Crippen LogP contribution < -0.4 is 0 Å². The first kappa shape index (κ1) is 56.5. The van der Waals surface area contributed by atoms with Gasteiger partial charge in [-0.1, -0.05) is 229 Å². The molecular weight excluding hydrogens is 783 g/mol. The van der Waals surface area contributed by atoms with Gasteiger partial charge < -0.3 is 0 Å². The molecule has 0 amide bonds. The molecule has 0 fully saturated rings. The fourth-order valence-electron chi connectivity index (χ4n) is 8.07. The molecule has 0 aliphatic heterocycles. The number of benzene rings is 2. The second-order valence-corrected chi connectivity index (χ2v) is 17.6. The van der Waals surface area contributed by atoms with E-state index < -0.39 is 0 Å². The molecule has 0 N–H and O–H groups in total. The third kappa shape index (κ3) is 31.1. The molecule has 3 heteroatoms. The van der Waals surface area contributed by atoms with Crippen molar-refractivity contribution in [1.82, 2.24) is 0 Å². The van der Waals surface area contributed by atoms with E-state index in [4.69, 9.17) is 9.98 Å². The third-order valence-electron chi connectivity index (χ3n) is 11.9. The number of unbranched alkanes of at least 4 members (excludes halogenated alkanes) is 25. The molecule has 0 saturated carbocycles. The van der Waals surface area contributed by atoms with Gasteiger partial charge in [-0.05, 0) is 113 Å². The largest absolute Gasteiger partial charge is 0.251 e. The van der Waals surface area contributed by atoms with Crippen LogP contribution in [0.25, 0.3) is 0 Å². The summed E-state index contributed by atoms with van der Waals surface area (Å²) >= 11 is 0. The summed E-state index contributed by atoms with van der Waals surface area (Å²) in [5.41, 5.74) is 7.08. The Morgan fingerprint density at radius 2 is 0.754 bits per heavy atom. The van der Waals surface area contributed by atoms with Crippen molar-refractivity contribution >= 4 is 22.8 Å². The Labute approximate surface area is 389 Å². The summed E-state index contributed by atoms with van der Waals surface area (Å²) in [6.07, 6.45) is 58.2. The van der Waals surface area contributed by atoms with E-state index in [-0.39, 0.29) is 16.5 Å². The van der Waals surface area contributed by atoms with E-state index in [1.807, 2.05) is 0 Å².